The Bertz CT molecular complexity index is 926. The molecule has 1 aromatic heterocycles. The Morgan fingerprint density at radius 3 is 2.21 bits per heavy atom. The summed E-state index contributed by atoms with van der Waals surface area (Å²) in [7, 11) is 0. The summed E-state index contributed by atoms with van der Waals surface area (Å²) in [6, 6.07) is 17.9. The van der Waals surface area contributed by atoms with E-state index in [0.29, 0.717) is 24.5 Å². The number of nitrogens with zero attached hydrogens (tertiary/aromatic N) is 4. The molecule has 1 unspecified atom stereocenters. The minimum Gasteiger partial charge on any atom is -0.340 e. The van der Waals surface area contributed by atoms with Gasteiger partial charge in [-0.2, -0.15) is 0 Å². The lowest BCUT2D eigenvalue weighted by atomic mass is 9.98. The van der Waals surface area contributed by atoms with E-state index in [0.717, 1.165) is 29.8 Å². The monoisotopic (exact) mass is 406 g/mol. The lowest BCUT2D eigenvalue weighted by Gasteiger charge is -2.39. The van der Waals surface area contributed by atoms with Crippen LogP contribution in [0.5, 0.6) is 0 Å². The number of piperazine rings is 1. The summed E-state index contributed by atoms with van der Waals surface area (Å²) in [5.74, 6) is 0.182. The van der Waals surface area contributed by atoms with Crippen LogP contribution >= 0.6 is 11.6 Å². The molecule has 1 amide bonds. The molecule has 1 aliphatic heterocycles. The van der Waals surface area contributed by atoms with E-state index in [2.05, 4.69) is 14.9 Å². The first-order chi connectivity index (χ1) is 14.2. The zero-order valence-electron chi connectivity index (χ0n) is 16.1. The minimum absolute atomic E-state index is 0.0415. The molecule has 0 radical (unpaired) electrons. The molecule has 1 saturated heterocycles. The third kappa shape index (κ3) is 4.81. The van der Waals surface area contributed by atoms with E-state index >= 15 is 0 Å². The molecular formula is C23H23ClN4O. The first-order valence-corrected chi connectivity index (χ1v) is 10.1. The summed E-state index contributed by atoms with van der Waals surface area (Å²) in [5, 5.41) is 0.716. The van der Waals surface area contributed by atoms with Gasteiger partial charge >= 0.3 is 0 Å². The lowest BCUT2D eigenvalue weighted by Crippen LogP contribution is -2.50. The van der Waals surface area contributed by atoms with Crippen molar-refractivity contribution < 1.29 is 4.79 Å². The molecule has 3 aromatic rings. The Morgan fingerprint density at radius 1 is 0.897 bits per heavy atom. The van der Waals surface area contributed by atoms with Gasteiger partial charge < -0.3 is 4.90 Å². The molecule has 1 aliphatic rings. The number of hydrogen-bond acceptors (Lipinski definition) is 4. The van der Waals surface area contributed by atoms with Crippen LogP contribution < -0.4 is 0 Å². The van der Waals surface area contributed by atoms with Crippen LogP contribution in [0.4, 0.5) is 0 Å². The predicted octanol–water partition coefficient (Wildman–Crippen LogP) is 3.61. The molecule has 2 heterocycles. The van der Waals surface area contributed by atoms with Crippen LogP contribution in [0.15, 0.2) is 73.3 Å². The fraction of sp³-hybridized carbons (Fsp3) is 0.261. The largest absolute Gasteiger partial charge is 0.340 e. The van der Waals surface area contributed by atoms with E-state index in [-0.39, 0.29) is 11.9 Å². The van der Waals surface area contributed by atoms with Gasteiger partial charge in [-0.3, -0.25) is 9.69 Å². The Kier molecular flexibility index (Phi) is 6.17. The van der Waals surface area contributed by atoms with Gasteiger partial charge in [-0.05, 0) is 23.3 Å². The summed E-state index contributed by atoms with van der Waals surface area (Å²) in [6.45, 7) is 3.01. The third-order valence-corrected chi connectivity index (χ3v) is 5.56. The molecule has 0 spiro atoms. The highest BCUT2D eigenvalue weighted by molar-refractivity contribution is 6.30. The SMILES string of the molecule is O=C(Cc1ccccc1)N1CCN(C(c2ccc(Cl)cc2)c2cncnc2)CC1. The number of benzene rings is 2. The van der Waals surface area contributed by atoms with Crippen molar-refractivity contribution >= 4 is 17.5 Å². The second-order valence-electron chi connectivity index (χ2n) is 7.21. The first-order valence-electron chi connectivity index (χ1n) is 9.77. The van der Waals surface area contributed by atoms with Gasteiger partial charge in [0.1, 0.15) is 6.33 Å². The number of hydrogen-bond donors (Lipinski definition) is 0. The van der Waals surface area contributed by atoms with Gasteiger partial charge in [0.05, 0.1) is 12.5 Å². The van der Waals surface area contributed by atoms with Gasteiger partial charge in [-0.15, -0.1) is 0 Å². The Balaban J connectivity index is 1.47. The Hall–Kier alpha value is -2.76. The van der Waals surface area contributed by atoms with Crippen molar-refractivity contribution in [2.75, 3.05) is 26.2 Å². The molecule has 0 N–H and O–H groups in total. The average Bonchev–Trinajstić information content (AvgIpc) is 2.77. The van der Waals surface area contributed by atoms with Gasteiger partial charge in [0.2, 0.25) is 5.91 Å². The normalized spacial score (nSPS) is 15.8. The predicted molar refractivity (Wildman–Crippen MR) is 114 cm³/mol. The van der Waals surface area contributed by atoms with Gasteiger partial charge in [0.25, 0.3) is 0 Å². The maximum Gasteiger partial charge on any atom is 0.227 e. The van der Waals surface area contributed by atoms with Crippen LogP contribution in [0.2, 0.25) is 5.02 Å². The van der Waals surface area contributed by atoms with Gasteiger partial charge in [-0.1, -0.05) is 54.1 Å². The fourth-order valence-corrected chi connectivity index (χ4v) is 3.95. The average molecular weight is 407 g/mol. The zero-order valence-corrected chi connectivity index (χ0v) is 16.9. The minimum atomic E-state index is 0.0415. The van der Waals surface area contributed by atoms with Crippen LogP contribution in [0.3, 0.4) is 0 Å². The van der Waals surface area contributed by atoms with E-state index in [9.17, 15) is 4.79 Å². The third-order valence-electron chi connectivity index (χ3n) is 5.31. The second kappa shape index (κ2) is 9.16. The number of aromatic nitrogens is 2. The summed E-state index contributed by atoms with van der Waals surface area (Å²) in [5.41, 5.74) is 3.24. The number of halogens is 1. The summed E-state index contributed by atoms with van der Waals surface area (Å²) >= 11 is 6.09. The highest BCUT2D eigenvalue weighted by Crippen LogP contribution is 2.29. The van der Waals surface area contributed by atoms with Crippen LogP contribution in [-0.2, 0) is 11.2 Å². The van der Waals surface area contributed by atoms with E-state index in [1.54, 1.807) is 6.33 Å². The smallest absolute Gasteiger partial charge is 0.227 e. The van der Waals surface area contributed by atoms with Crippen molar-refractivity contribution in [2.24, 2.45) is 0 Å². The standard InChI is InChI=1S/C23H23ClN4O/c24-21-8-6-19(7-9-21)23(20-15-25-17-26-16-20)28-12-10-27(11-13-28)22(29)14-18-4-2-1-3-5-18/h1-9,15-17,23H,10-14H2. The highest BCUT2D eigenvalue weighted by Gasteiger charge is 2.28. The van der Waals surface area contributed by atoms with Crippen molar-refractivity contribution in [3.63, 3.8) is 0 Å². The van der Waals surface area contributed by atoms with Crippen LogP contribution in [0.1, 0.15) is 22.7 Å². The lowest BCUT2D eigenvalue weighted by molar-refractivity contribution is -0.132. The maximum atomic E-state index is 12.7. The molecule has 6 heteroatoms. The second-order valence-corrected chi connectivity index (χ2v) is 7.64. The van der Waals surface area contributed by atoms with Crippen molar-refractivity contribution in [3.8, 4) is 0 Å². The summed E-state index contributed by atoms with van der Waals surface area (Å²) in [4.78, 5) is 25.4. The van der Waals surface area contributed by atoms with Crippen LogP contribution in [0, 0.1) is 0 Å². The van der Waals surface area contributed by atoms with E-state index < -0.39 is 0 Å². The van der Waals surface area contributed by atoms with E-state index in [1.165, 1.54) is 0 Å². The number of carbonyl (C=O) groups is 1. The van der Waals surface area contributed by atoms with E-state index in [1.807, 2.05) is 71.9 Å². The number of carbonyl (C=O) groups excluding carboxylic acids is 1. The molecule has 5 nitrogen and oxygen atoms in total. The summed E-state index contributed by atoms with van der Waals surface area (Å²) < 4.78 is 0. The van der Waals surface area contributed by atoms with Crippen LogP contribution in [-0.4, -0.2) is 51.9 Å². The van der Waals surface area contributed by atoms with Crippen molar-refractivity contribution in [1.82, 2.24) is 19.8 Å². The van der Waals surface area contributed by atoms with Crippen molar-refractivity contribution in [1.29, 1.82) is 0 Å². The molecule has 4 rings (SSSR count). The van der Waals surface area contributed by atoms with Crippen molar-refractivity contribution in [3.05, 3.63) is 95.0 Å². The van der Waals surface area contributed by atoms with Gasteiger partial charge in [0, 0.05) is 49.2 Å². The topological polar surface area (TPSA) is 49.3 Å². The maximum absolute atomic E-state index is 12.7. The molecule has 2 aromatic carbocycles. The fourth-order valence-electron chi connectivity index (χ4n) is 3.82. The first kappa shape index (κ1) is 19.6. The zero-order chi connectivity index (χ0) is 20.1. The summed E-state index contributed by atoms with van der Waals surface area (Å²) in [6.07, 6.45) is 5.72. The Morgan fingerprint density at radius 2 is 1.55 bits per heavy atom. The highest BCUT2D eigenvalue weighted by atomic mass is 35.5. The molecule has 0 saturated carbocycles. The van der Waals surface area contributed by atoms with E-state index in [4.69, 9.17) is 11.6 Å². The van der Waals surface area contributed by atoms with Gasteiger partial charge in [-0.25, -0.2) is 9.97 Å². The molecule has 29 heavy (non-hydrogen) atoms. The number of rotatable bonds is 5. The molecule has 1 fully saturated rings. The molecule has 1 atom stereocenters. The number of amides is 1. The van der Waals surface area contributed by atoms with Gasteiger partial charge in [0.15, 0.2) is 0 Å². The van der Waals surface area contributed by atoms with Crippen molar-refractivity contribution in [2.45, 2.75) is 12.5 Å². The quantitative estimate of drug-likeness (QED) is 0.649. The Labute approximate surface area is 176 Å². The van der Waals surface area contributed by atoms with Crippen LogP contribution in [0.25, 0.3) is 0 Å². The molecule has 0 aliphatic carbocycles. The molecule has 0 bridgehead atoms. The molecular weight excluding hydrogens is 384 g/mol. The molecule has 148 valence electrons.